The lowest BCUT2D eigenvalue weighted by Gasteiger charge is -1.98. The summed E-state index contributed by atoms with van der Waals surface area (Å²) < 4.78 is 5.81. The Morgan fingerprint density at radius 2 is 1.83 bits per heavy atom. The first-order valence-electron chi connectivity index (χ1n) is 5.66. The second-order valence-electron chi connectivity index (χ2n) is 4.12. The van der Waals surface area contributed by atoms with Gasteiger partial charge in [0.25, 0.3) is 0 Å². The molecule has 0 aliphatic heterocycles. The number of hydrogen-bond donors (Lipinski definition) is 1. The van der Waals surface area contributed by atoms with Gasteiger partial charge in [-0.2, -0.15) is 0 Å². The van der Waals surface area contributed by atoms with Gasteiger partial charge < -0.3 is 9.52 Å². The molecule has 0 spiro atoms. The van der Waals surface area contributed by atoms with E-state index >= 15 is 0 Å². The van der Waals surface area contributed by atoms with Gasteiger partial charge in [-0.25, -0.2) is 0 Å². The Morgan fingerprint density at radius 3 is 2.56 bits per heavy atom. The van der Waals surface area contributed by atoms with Crippen molar-refractivity contribution in [1.82, 2.24) is 0 Å². The van der Waals surface area contributed by atoms with E-state index in [0.29, 0.717) is 16.2 Å². The van der Waals surface area contributed by atoms with Crippen molar-refractivity contribution in [2.24, 2.45) is 0 Å². The summed E-state index contributed by atoms with van der Waals surface area (Å²) in [6.07, 6.45) is 0. The summed E-state index contributed by atoms with van der Waals surface area (Å²) in [5.74, 6) is 0.780. The summed E-state index contributed by atoms with van der Waals surface area (Å²) in [4.78, 5) is 0. The minimum absolute atomic E-state index is 0.0845. The average Bonchev–Trinajstić information content (AvgIpc) is 2.82. The molecule has 90 valence electrons. The average molecular weight is 259 g/mol. The van der Waals surface area contributed by atoms with Crippen LogP contribution in [0, 0.1) is 0 Å². The maximum Gasteiger partial charge on any atom is 0.140 e. The molecule has 0 atom stereocenters. The van der Waals surface area contributed by atoms with E-state index in [1.54, 1.807) is 6.07 Å². The van der Waals surface area contributed by atoms with Crippen molar-refractivity contribution in [3.05, 3.63) is 59.1 Å². The minimum Gasteiger partial charge on any atom is -0.456 e. The molecule has 0 saturated carbocycles. The van der Waals surface area contributed by atoms with Crippen molar-refractivity contribution in [2.45, 2.75) is 6.61 Å². The molecule has 1 N–H and O–H groups in total. The van der Waals surface area contributed by atoms with Crippen LogP contribution in [0.3, 0.4) is 0 Å². The molecule has 0 unspecified atom stereocenters. The number of halogens is 1. The second kappa shape index (κ2) is 4.48. The lowest BCUT2D eigenvalue weighted by molar-refractivity contribution is 0.282. The summed E-state index contributed by atoms with van der Waals surface area (Å²) in [6.45, 7) is -0.0845. The Labute approximate surface area is 109 Å². The van der Waals surface area contributed by atoms with Gasteiger partial charge in [0.05, 0.1) is 6.61 Å². The molecule has 0 aliphatic rings. The Hall–Kier alpha value is -1.77. The van der Waals surface area contributed by atoms with Crippen LogP contribution in [-0.2, 0) is 6.61 Å². The number of fused-ring (bicyclic) bond motifs is 1. The third kappa shape index (κ3) is 1.90. The van der Waals surface area contributed by atoms with E-state index in [2.05, 4.69) is 0 Å². The quantitative estimate of drug-likeness (QED) is 0.746. The highest BCUT2D eigenvalue weighted by molar-refractivity contribution is 6.31. The molecule has 18 heavy (non-hydrogen) atoms. The highest BCUT2D eigenvalue weighted by atomic mass is 35.5. The molecule has 2 aromatic carbocycles. The second-order valence-corrected chi connectivity index (χ2v) is 4.55. The molecule has 0 bridgehead atoms. The van der Waals surface area contributed by atoms with Gasteiger partial charge in [-0.15, -0.1) is 0 Å². The van der Waals surface area contributed by atoms with Gasteiger partial charge in [0.1, 0.15) is 11.3 Å². The molecule has 3 rings (SSSR count). The molecule has 0 aliphatic carbocycles. The Balaban J connectivity index is 2.23. The van der Waals surface area contributed by atoms with Gasteiger partial charge in [0.2, 0.25) is 0 Å². The van der Waals surface area contributed by atoms with Gasteiger partial charge in [-0.1, -0.05) is 41.9 Å². The number of rotatable bonds is 2. The topological polar surface area (TPSA) is 33.4 Å². The van der Waals surface area contributed by atoms with E-state index in [4.69, 9.17) is 16.0 Å². The van der Waals surface area contributed by atoms with Crippen molar-refractivity contribution in [3.8, 4) is 11.3 Å². The largest absolute Gasteiger partial charge is 0.456 e. The predicted octanol–water partition coefficient (Wildman–Crippen LogP) is 4.25. The molecule has 3 heteroatoms. The zero-order valence-electron chi connectivity index (χ0n) is 9.56. The van der Waals surface area contributed by atoms with Gasteiger partial charge in [0.15, 0.2) is 0 Å². The van der Waals surface area contributed by atoms with E-state index in [1.165, 1.54) is 0 Å². The standard InChI is InChI=1S/C15H11ClO2/c16-13-6-11-8-14(10-4-2-1-3-5-10)18-15(11)12(7-13)9-17/h1-8,17H,9H2. The normalized spacial score (nSPS) is 11.0. The smallest absolute Gasteiger partial charge is 0.140 e. The Kier molecular flexibility index (Phi) is 2.82. The molecule has 0 radical (unpaired) electrons. The predicted molar refractivity (Wildman–Crippen MR) is 72.6 cm³/mol. The molecule has 0 saturated heterocycles. The fourth-order valence-electron chi connectivity index (χ4n) is 2.05. The first-order valence-corrected chi connectivity index (χ1v) is 6.04. The van der Waals surface area contributed by atoms with Crippen LogP contribution in [0.25, 0.3) is 22.3 Å². The number of hydrogen-bond acceptors (Lipinski definition) is 2. The summed E-state index contributed by atoms with van der Waals surface area (Å²) in [5.41, 5.74) is 2.41. The fraction of sp³-hybridized carbons (Fsp3) is 0.0667. The summed E-state index contributed by atoms with van der Waals surface area (Å²) >= 11 is 6.01. The van der Waals surface area contributed by atoms with Crippen LogP contribution < -0.4 is 0 Å². The lowest BCUT2D eigenvalue weighted by atomic mass is 10.1. The lowest BCUT2D eigenvalue weighted by Crippen LogP contribution is -1.83. The van der Waals surface area contributed by atoms with Crippen LogP contribution in [0.5, 0.6) is 0 Å². The zero-order chi connectivity index (χ0) is 12.5. The first kappa shape index (κ1) is 11.3. The number of furan rings is 1. The molecular formula is C15H11ClO2. The van der Waals surface area contributed by atoms with Crippen molar-refractivity contribution in [3.63, 3.8) is 0 Å². The Morgan fingerprint density at radius 1 is 1.06 bits per heavy atom. The first-order chi connectivity index (χ1) is 8.78. The SMILES string of the molecule is OCc1cc(Cl)cc2cc(-c3ccccc3)oc12. The van der Waals surface area contributed by atoms with E-state index in [-0.39, 0.29) is 6.61 Å². The molecule has 3 aromatic rings. The number of aliphatic hydroxyl groups is 1. The molecule has 2 nitrogen and oxygen atoms in total. The van der Waals surface area contributed by atoms with Crippen molar-refractivity contribution in [2.75, 3.05) is 0 Å². The highest BCUT2D eigenvalue weighted by Crippen LogP contribution is 2.32. The van der Waals surface area contributed by atoms with Crippen LogP contribution in [0.4, 0.5) is 0 Å². The third-order valence-corrected chi connectivity index (χ3v) is 3.10. The summed E-state index contributed by atoms with van der Waals surface area (Å²) in [6, 6.07) is 15.4. The van der Waals surface area contributed by atoms with E-state index in [0.717, 1.165) is 16.7 Å². The maximum absolute atomic E-state index is 9.32. The summed E-state index contributed by atoms with van der Waals surface area (Å²) in [5, 5.41) is 10.8. The van der Waals surface area contributed by atoms with E-state index in [1.807, 2.05) is 42.5 Å². The van der Waals surface area contributed by atoms with Gasteiger partial charge in [-0.3, -0.25) is 0 Å². The van der Waals surface area contributed by atoms with Crippen LogP contribution >= 0.6 is 11.6 Å². The highest BCUT2D eigenvalue weighted by Gasteiger charge is 2.10. The van der Waals surface area contributed by atoms with Gasteiger partial charge in [0, 0.05) is 21.5 Å². The van der Waals surface area contributed by atoms with Crippen LogP contribution in [-0.4, -0.2) is 5.11 Å². The zero-order valence-corrected chi connectivity index (χ0v) is 10.3. The van der Waals surface area contributed by atoms with Crippen molar-refractivity contribution < 1.29 is 9.52 Å². The third-order valence-electron chi connectivity index (χ3n) is 2.89. The fourth-order valence-corrected chi connectivity index (χ4v) is 2.30. The molecule has 0 fully saturated rings. The maximum atomic E-state index is 9.32. The summed E-state index contributed by atoms with van der Waals surface area (Å²) in [7, 11) is 0. The molecule has 0 amide bonds. The number of aliphatic hydroxyl groups excluding tert-OH is 1. The van der Waals surface area contributed by atoms with E-state index < -0.39 is 0 Å². The molecule has 1 aromatic heterocycles. The Bertz CT molecular complexity index is 686. The van der Waals surface area contributed by atoms with Crippen LogP contribution in [0.2, 0.25) is 5.02 Å². The van der Waals surface area contributed by atoms with E-state index in [9.17, 15) is 5.11 Å². The van der Waals surface area contributed by atoms with Crippen LogP contribution in [0.15, 0.2) is 52.9 Å². The minimum atomic E-state index is -0.0845. The van der Waals surface area contributed by atoms with Crippen molar-refractivity contribution in [1.29, 1.82) is 0 Å². The van der Waals surface area contributed by atoms with Crippen LogP contribution in [0.1, 0.15) is 5.56 Å². The number of benzene rings is 2. The van der Waals surface area contributed by atoms with Gasteiger partial charge >= 0.3 is 0 Å². The molecular weight excluding hydrogens is 248 g/mol. The van der Waals surface area contributed by atoms with Crippen molar-refractivity contribution >= 4 is 22.6 Å². The molecule has 1 heterocycles. The monoisotopic (exact) mass is 258 g/mol. The van der Waals surface area contributed by atoms with Gasteiger partial charge in [-0.05, 0) is 18.2 Å².